The Balaban J connectivity index is 1.04. The number of nitrogens with zero attached hydrogens (tertiary/aromatic N) is 2. The van der Waals surface area contributed by atoms with Gasteiger partial charge < -0.3 is 13.3 Å². The van der Waals surface area contributed by atoms with E-state index in [2.05, 4.69) is 133 Å². The van der Waals surface area contributed by atoms with Crippen molar-refractivity contribution in [2.75, 3.05) is 0 Å². The van der Waals surface area contributed by atoms with Gasteiger partial charge in [-0.15, -0.1) is 11.3 Å². The normalized spacial score (nSPS) is 12.1. The molecule has 0 aliphatic heterocycles. The van der Waals surface area contributed by atoms with E-state index in [1.807, 2.05) is 36.4 Å². The highest BCUT2D eigenvalue weighted by molar-refractivity contribution is 7.25. The van der Waals surface area contributed by atoms with Gasteiger partial charge in [0.2, 0.25) is 0 Å². The third-order valence-corrected chi connectivity index (χ3v) is 12.6. The lowest BCUT2D eigenvalue weighted by molar-refractivity contribution is 0.668. The number of fused-ring (bicyclic) bond motifs is 12. The van der Waals surface area contributed by atoms with Gasteiger partial charge in [0, 0.05) is 58.9 Å². The minimum atomic E-state index is 0.645. The van der Waals surface area contributed by atoms with Gasteiger partial charge in [-0.1, -0.05) is 103 Å². The van der Waals surface area contributed by atoms with E-state index >= 15 is 0 Å². The zero-order chi connectivity index (χ0) is 37.9. The highest BCUT2D eigenvalue weighted by Gasteiger charge is 2.22. The largest absolute Gasteiger partial charge is 0.456 e. The first-order valence-electron chi connectivity index (χ1n) is 19.3. The number of rotatable bonds is 4. The summed E-state index contributed by atoms with van der Waals surface area (Å²) in [5.74, 6) is 0.645. The summed E-state index contributed by atoms with van der Waals surface area (Å²) in [4.78, 5) is 11.8. The van der Waals surface area contributed by atoms with Crippen LogP contribution in [0.2, 0.25) is 0 Å². The highest BCUT2D eigenvalue weighted by atomic mass is 32.1. The van der Waals surface area contributed by atoms with E-state index in [1.165, 1.54) is 5.56 Å². The number of hydrogen-bond donors (Lipinski definition) is 0. The van der Waals surface area contributed by atoms with Crippen molar-refractivity contribution in [2.24, 2.45) is 0 Å². The molecule has 58 heavy (non-hydrogen) atoms. The summed E-state index contributed by atoms with van der Waals surface area (Å²) in [6, 6.07) is 59.1. The Kier molecular flexibility index (Phi) is 6.54. The lowest BCUT2D eigenvalue weighted by Crippen LogP contribution is -1.94. The second-order valence-electron chi connectivity index (χ2n) is 14.9. The summed E-state index contributed by atoms with van der Waals surface area (Å²) >= 11 is 1.70. The van der Waals surface area contributed by atoms with Gasteiger partial charge in [0.1, 0.15) is 38.3 Å². The van der Waals surface area contributed by atoms with Crippen LogP contribution in [0.1, 0.15) is 0 Å². The fourth-order valence-corrected chi connectivity index (χ4v) is 9.84. The average Bonchev–Trinajstić information content (AvgIpc) is 4.05. The lowest BCUT2D eigenvalue weighted by atomic mass is 9.98. The number of benzene rings is 8. The fourth-order valence-electron chi connectivity index (χ4n) is 8.79. The minimum Gasteiger partial charge on any atom is -0.456 e. The Labute approximate surface area is 334 Å². The second-order valence-corrected chi connectivity index (χ2v) is 15.9. The average molecular weight is 761 g/mol. The number of aromatic nitrogens is 2. The molecule has 0 amide bonds. The molecule has 0 aliphatic carbocycles. The molecule has 0 bridgehead atoms. The molecule has 0 N–H and O–H groups in total. The minimum absolute atomic E-state index is 0.645. The number of furan rings is 3. The first kappa shape index (κ1) is 31.6. The van der Waals surface area contributed by atoms with Crippen molar-refractivity contribution in [2.45, 2.75) is 0 Å². The van der Waals surface area contributed by atoms with Gasteiger partial charge in [0.05, 0.1) is 5.69 Å². The van der Waals surface area contributed by atoms with Crippen molar-refractivity contribution in [3.63, 3.8) is 0 Å². The predicted octanol–water partition coefficient (Wildman–Crippen LogP) is 15.2. The van der Waals surface area contributed by atoms with Gasteiger partial charge in [-0.2, -0.15) is 0 Å². The van der Waals surface area contributed by atoms with Gasteiger partial charge in [0.25, 0.3) is 0 Å². The zero-order valence-corrected chi connectivity index (χ0v) is 31.5. The fraction of sp³-hybridized carbons (Fsp3) is 0. The van der Waals surface area contributed by atoms with Crippen LogP contribution in [0.3, 0.4) is 0 Å². The summed E-state index contributed by atoms with van der Waals surface area (Å²) in [6.07, 6.45) is 0. The van der Waals surface area contributed by atoms with Crippen molar-refractivity contribution >= 4 is 97.5 Å². The Morgan fingerprint density at radius 2 is 0.931 bits per heavy atom. The smallest absolute Gasteiger partial charge is 0.162 e. The van der Waals surface area contributed by atoms with Gasteiger partial charge in [-0.05, 0) is 89.0 Å². The summed E-state index contributed by atoms with van der Waals surface area (Å²) in [6.45, 7) is 0. The van der Waals surface area contributed by atoms with Crippen LogP contribution in [0.15, 0.2) is 183 Å². The van der Waals surface area contributed by atoms with E-state index in [4.69, 9.17) is 23.2 Å². The van der Waals surface area contributed by atoms with E-state index in [0.717, 1.165) is 120 Å². The monoisotopic (exact) mass is 760 g/mol. The summed E-state index contributed by atoms with van der Waals surface area (Å²) in [5, 5.41) is 8.55. The molecule has 8 aromatic carbocycles. The molecule has 5 nitrogen and oxygen atoms in total. The quantitative estimate of drug-likeness (QED) is 0.179. The van der Waals surface area contributed by atoms with Crippen molar-refractivity contribution in [1.82, 2.24) is 9.97 Å². The lowest BCUT2D eigenvalue weighted by Gasteiger charge is -2.09. The van der Waals surface area contributed by atoms with Gasteiger partial charge in [0.15, 0.2) is 5.82 Å². The molecule has 0 aliphatic rings. The van der Waals surface area contributed by atoms with Crippen LogP contribution in [0, 0.1) is 0 Å². The van der Waals surface area contributed by atoms with Crippen molar-refractivity contribution in [3.8, 4) is 44.9 Å². The molecule has 0 spiro atoms. The Hall–Kier alpha value is -7.54. The zero-order valence-electron chi connectivity index (χ0n) is 30.7. The summed E-state index contributed by atoms with van der Waals surface area (Å²) in [5.41, 5.74) is 12.3. The molecule has 5 heterocycles. The molecule has 6 heteroatoms. The maximum atomic E-state index is 6.52. The topological polar surface area (TPSA) is 65.2 Å². The van der Waals surface area contributed by atoms with E-state index in [0.29, 0.717) is 5.82 Å². The maximum Gasteiger partial charge on any atom is 0.162 e. The van der Waals surface area contributed by atoms with Gasteiger partial charge >= 0.3 is 0 Å². The van der Waals surface area contributed by atoms with Crippen molar-refractivity contribution in [3.05, 3.63) is 170 Å². The van der Waals surface area contributed by atoms with Crippen LogP contribution in [0.25, 0.3) is 131 Å². The second kappa shape index (κ2) is 12.0. The third kappa shape index (κ3) is 4.70. The Bertz CT molecular complexity index is 3810. The van der Waals surface area contributed by atoms with E-state index in [1.54, 1.807) is 11.3 Å². The third-order valence-electron chi connectivity index (χ3n) is 11.5. The van der Waals surface area contributed by atoms with Gasteiger partial charge in [-0.3, -0.25) is 0 Å². The molecule has 5 aromatic heterocycles. The van der Waals surface area contributed by atoms with Crippen molar-refractivity contribution in [1.29, 1.82) is 0 Å². The van der Waals surface area contributed by atoms with Gasteiger partial charge in [-0.25, -0.2) is 9.97 Å². The standard InChI is InChI=1S/C52H28N2O3S/c1-2-9-29(10-3-1)30-20-24-47-40(27-30)49-50(33-17-21-36-34-11-4-6-14-41(34)57-46(36)28-33)53-51(54-52(49)58-47)37-13-8-16-45-48(37)39-26-32(19-23-44(39)56-45)31-18-22-43-38(25-31)35-12-5-7-15-42(35)55-43/h1-28H. The van der Waals surface area contributed by atoms with E-state index in [-0.39, 0.29) is 0 Å². The first-order chi connectivity index (χ1) is 28.7. The number of hydrogen-bond acceptors (Lipinski definition) is 6. The molecule has 0 saturated carbocycles. The van der Waals surface area contributed by atoms with E-state index < -0.39 is 0 Å². The van der Waals surface area contributed by atoms with Crippen LogP contribution in [0.5, 0.6) is 0 Å². The molecule has 270 valence electrons. The maximum absolute atomic E-state index is 6.52. The molecule has 13 aromatic rings. The predicted molar refractivity (Wildman–Crippen MR) is 238 cm³/mol. The molecular weight excluding hydrogens is 733 g/mol. The van der Waals surface area contributed by atoms with Crippen LogP contribution in [-0.4, -0.2) is 9.97 Å². The molecule has 0 saturated heterocycles. The summed E-state index contributed by atoms with van der Waals surface area (Å²) in [7, 11) is 0. The molecule has 0 atom stereocenters. The first-order valence-corrected chi connectivity index (χ1v) is 20.1. The number of thiophene rings is 1. The van der Waals surface area contributed by atoms with Crippen LogP contribution in [0.4, 0.5) is 0 Å². The Morgan fingerprint density at radius 3 is 1.76 bits per heavy atom. The van der Waals surface area contributed by atoms with E-state index in [9.17, 15) is 0 Å². The van der Waals surface area contributed by atoms with Crippen LogP contribution in [-0.2, 0) is 0 Å². The van der Waals surface area contributed by atoms with Crippen LogP contribution < -0.4 is 0 Å². The molecule has 13 rings (SSSR count). The SMILES string of the molecule is c1ccc(-c2ccc3sc4nc(-c5cccc6oc7ccc(-c8ccc9oc%10ccccc%10c9c8)cc7c56)nc(-c5ccc6c(c5)oc5ccccc56)c4c3c2)cc1. The summed E-state index contributed by atoms with van der Waals surface area (Å²) < 4.78 is 20.2. The van der Waals surface area contributed by atoms with Crippen LogP contribution >= 0.6 is 11.3 Å². The molecule has 0 unspecified atom stereocenters. The number of para-hydroxylation sites is 2. The Morgan fingerprint density at radius 1 is 0.345 bits per heavy atom. The molecular formula is C52H28N2O3S. The molecule has 0 radical (unpaired) electrons. The highest BCUT2D eigenvalue weighted by Crippen LogP contribution is 2.44. The van der Waals surface area contributed by atoms with Crippen molar-refractivity contribution < 1.29 is 13.3 Å². The molecule has 0 fully saturated rings.